The van der Waals surface area contributed by atoms with Gasteiger partial charge >= 0.3 is 11.9 Å². The molecule has 0 aliphatic heterocycles. The molecule has 1 heterocycles. The highest BCUT2D eigenvalue weighted by molar-refractivity contribution is 5.98. The highest BCUT2D eigenvalue weighted by Gasteiger charge is 2.36. The molecule has 2 rings (SSSR count). The minimum absolute atomic E-state index is 0.0314. The zero-order valence-electron chi connectivity index (χ0n) is 43.0. The van der Waals surface area contributed by atoms with Gasteiger partial charge in [-0.25, -0.2) is 9.78 Å². The van der Waals surface area contributed by atoms with Crippen LogP contribution in [0.4, 0.5) is 0 Å². The third-order valence-electron chi connectivity index (χ3n) is 11.2. The molecule has 0 aliphatic rings. The third-order valence-corrected chi connectivity index (χ3v) is 11.2. The average Bonchev–Trinajstić information content (AvgIpc) is 3.85. The number of hydrogen-bond acceptors (Lipinski definition) is 15. The lowest BCUT2D eigenvalue weighted by atomic mass is 9.99. The second-order valence-corrected chi connectivity index (χ2v) is 18.6. The van der Waals surface area contributed by atoms with Gasteiger partial charge in [-0.15, -0.1) is 0 Å². The van der Waals surface area contributed by atoms with Crippen molar-refractivity contribution in [2.24, 2.45) is 39.8 Å². The van der Waals surface area contributed by atoms with Crippen molar-refractivity contribution in [1.29, 1.82) is 0 Å². The topological polar surface area (TPSA) is 490 Å². The summed E-state index contributed by atoms with van der Waals surface area (Å²) in [6.07, 6.45) is -0.991. The lowest BCUT2D eigenvalue weighted by Crippen LogP contribution is -2.61. The molecule has 0 saturated carbocycles. The minimum Gasteiger partial charge on any atom is -0.481 e. The molecule has 0 saturated heterocycles. The summed E-state index contributed by atoms with van der Waals surface area (Å²) in [6.45, 7) is 6.95. The Morgan fingerprint density at radius 3 is 1.76 bits per heavy atom. The van der Waals surface area contributed by atoms with Crippen LogP contribution in [0, 0.1) is 11.8 Å². The van der Waals surface area contributed by atoms with Crippen molar-refractivity contribution in [1.82, 2.24) is 52.5 Å². The number of benzene rings is 1. The number of aliphatic carboxylic acids is 2. The number of H-pyrrole nitrogens is 1. The number of nitrogens with one attached hydrogen (secondary N) is 9. The largest absolute Gasteiger partial charge is 0.481 e. The van der Waals surface area contributed by atoms with Gasteiger partial charge < -0.3 is 85.8 Å². The van der Waals surface area contributed by atoms with Crippen LogP contribution in [0.3, 0.4) is 0 Å². The maximum absolute atomic E-state index is 13.9. The first-order valence-corrected chi connectivity index (χ1v) is 24.3. The number of aliphatic hydroxyl groups is 1. The van der Waals surface area contributed by atoms with Gasteiger partial charge in [0.05, 0.1) is 31.4 Å². The summed E-state index contributed by atoms with van der Waals surface area (Å²) in [5, 5.41) is 48.8. The predicted octanol–water partition coefficient (Wildman–Crippen LogP) is -5.01. The zero-order valence-corrected chi connectivity index (χ0v) is 43.0. The van der Waals surface area contributed by atoms with E-state index in [0.717, 1.165) is 0 Å². The normalized spacial score (nSPS) is 14.6. The number of aromatic nitrogens is 2. The Labute approximate surface area is 438 Å². The third kappa shape index (κ3) is 23.8. The van der Waals surface area contributed by atoms with Crippen LogP contribution in [0.15, 0.2) is 47.8 Å². The molecule has 0 unspecified atom stereocenters. The number of carboxylic acids is 2. The molecule has 0 spiro atoms. The first-order chi connectivity index (χ1) is 35.7. The SMILES string of the molecule is CC(C)C[C@H](NC(=O)[C@@H](NC(=O)[C@@H](NC(=O)[C@H](Cc1ccccc1)NC(=O)CNC(=O)[C@H](CC(N)=O)NC(=O)[C@H](CCCN=C(N)N)NC(=O)[C@H](CCC(=O)O)NC(=O)[C@@H](N)Cc1cnc[nH]1)[C@@H](C)O)C(C)C)C(=O)O. The lowest BCUT2D eigenvalue weighted by Gasteiger charge is -2.29. The molecular weight excluding hydrogens is 999 g/mol. The molecule has 9 amide bonds. The Bertz CT molecular complexity index is 2330. The van der Waals surface area contributed by atoms with E-state index in [1.807, 2.05) is 0 Å². The number of amides is 9. The van der Waals surface area contributed by atoms with Crippen molar-refractivity contribution in [3.8, 4) is 0 Å². The van der Waals surface area contributed by atoms with Gasteiger partial charge in [0, 0.05) is 37.7 Å². The molecule has 0 fully saturated rings. The molecule has 1 aromatic carbocycles. The average molecular weight is 1070 g/mol. The number of aliphatic hydroxyl groups excluding tert-OH is 1. The number of aliphatic imine (C=N–C) groups is 1. The van der Waals surface area contributed by atoms with E-state index in [1.54, 1.807) is 58.0 Å². The zero-order chi connectivity index (χ0) is 57.2. The van der Waals surface area contributed by atoms with E-state index in [4.69, 9.17) is 22.9 Å². The monoisotopic (exact) mass is 1070 g/mol. The number of carbonyl (C=O) groups is 11. The number of nitrogens with zero attached hydrogens (tertiary/aromatic N) is 2. The van der Waals surface area contributed by atoms with Gasteiger partial charge in [0.1, 0.15) is 42.3 Å². The van der Waals surface area contributed by atoms with Crippen molar-refractivity contribution in [3.63, 3.8) is 0 Å². The lowest BCUT2D eigenvalue weighted by molar-refractivity contribution is -0.143. The van der Waals surface area contributed by atoms with Crippen LogP contribution >= 0.6 is 0 Å². The van der Waals surface area contributed by atoms with Crippen molar-refractivity contribution in [2.75, 3.05) is 13.1 Å². The number of carbonyl (C=O) groups excluding carboxylic acids is 9. The molecule has 9 atom stereocenters. The number of nitrogens with two attached hydrogens (primary N) is 4. The first kappa shape index (κ1) is 63.9. The Hall–Kier alpha value is -8.21. The minimum atomic E-state index is -1.78. The predicted molar refractivity (Wildman–Crippen MR) is 271 cm³/mol. The number of carboxylic acid groups (broad SMARTS) is 2. The molecule has 20 N–H and O–H groups in total. The van der Waals surface area contributed by atoms with Crippen LogP contribution in [-0.2, 0) is 65.6 Å². The Balaban J connectivity index is 2.32. The Morgan fingerprint density at radius 1 is 0.658 bits per heavy atom. The van der Waals surface area contributed by atoms with Gasteiger partial charge in [-0.05, 0) is 50.0 Å². The van der Waals surface area contributed by atoms with Crippen molar-refractivity contribution in [3.05, 3.63) is 54.1 Å². The molecular formula is C47H73N15O14. The summed E-state index contributed by atoms with van der Waals surface area (Å²) < 4.78 is 0. The van der Waals surface area contributed by atoms with Crippen LogP contribution < -0.4 is 65.5 Å². The van der Waals surface area contributed by atoms with E-state index in [2.05, 4.69) is 57.5 Å². The Morgan fingerprint density at radius 2 is 1.22 bits per heavy atom. The molecule has 2 aromatic rings. The second-order valence-electron chi connectivity index (χ2n) is 18.6. The highest BCUT2D eigenvalue weighted by atomic mass is 16.4. The molecule has 0 aliphatic carbocycles. The van der Waals surface area contributed by atoms with Gasteiger partial charge in [-0.3, -0.25) is 52.9 Å². The van der Waals surface area contributed by atoms with Crippen LogP contribution in [0.25, 0.3) is 0 Å². The molecule has 0 radical (unpaired) electrons. The molecule has 76 heavy (non-hydrogen) atoms. The van der Waals surface area contributed by atoms with E-state index >= 15 is 0 Å². The maximum Gasteiger partial charge on any atom is 0.326 e. The number of aromatic amines is 1. The second kappa shape index (κ2) is 32.2. The fraction of sp³-hybridized carbons (Fsp3) is 0.553. The van der Waals surface area contributed by atoms with Crippen molar-refractivity contribution >= 4 is 71.1 Å². The highest BCUT2D eigenvalue weighted by Crippen LogP contribution is 2.11. The van der Waals surface area contributed by atoms with Gasteiger partial charge in [0.25, 0.3) is 0 Å². The standard InChI is InChI=1S/C47H73N15O14/c1-23(2)16-33(46(75)76)60-44(73)37(24(3)4)61-45(74)38(25(5)63)62-43(72)31(17-26-10-7-6-8-11-26)56-35(65)21-54-40(69)32(19-34(49)64)59-41(70)29(12-9-15-53-47(50)51)58-42(71)30(13-14-36(66)67)57-39(68)28(48)18-27-20-52-22-55-27/h6-8,10-11,20,22-25,28-33,37-38,63H,9,12-19,21,48H2,1-5H3,(H2,49,64)(H,52,55)(H,54,69)(H,56,65)(H,57,68)(H,58,71)(H,59,70)(H,60,73)(H,61,74)(H,62,72)(H,66,67)(H,75,76)(H4,50,51,53)/t25-,28+,29+,30+,31+,32+,33+,37+,38+/m1/s1. The van der Waals surface area contributed by atoms with Gasteiger partial charge in [0.15, 0.2) is 5.96 Å². The summed E-state index contributed by atoms with van der Waals surface area (Å²) in [6, 6.07) is -3.63. The van der Waals surface area contributed by atoms with E-state index in [-0.39, 0.29) is 50.5 Å². The summed E-state index contributed by atoms with van der Waals surface area (Å²) in [4.78, 5) is 155. The number of hydrogen-bond donors (Lipinski definition) is 16. The van der Waals surface area contributed by atoms with Gasteiger partial charge in [-0.1, -0.05) is 58.0 Å². The number of primary amides is 1. The van der Waals surface area contributed by atoms with Crippen LogP contribution in [-0.4, -0.2) is 164 Å². The number of guanidine groups is 1. The molecule has 29 heteroatoms. The maximum atomic E-state index is 13.9. The summed E-state index contributed by atoms with van der Waals surface area (Å²) in [5.74, 6) is -12.6. The van der Waals surface area contributed by atoms with Crippen LogP contribution in [0.2, 0.25) is 0 Å². The smallest absolute Gasteiger partial charge is 0.326 e. The van der Waals surface area contributed by atoms with E-state index in [9.17, 15) is 68.1 Å². The van der Waals surface area contributed by atoms with Gasteiger partial charge in [0.2, 0.25) is 53.2 Å². The quantitative estimate of drug-likeness (QED) is 0.0177. The van der Waals surface area contributed by atoms with E-state index < -0.39 is 151 Å². The summed E-state index contributed by atoms with van der Waals surface area (Å²) in [5.41, 5.74) is 23.3. The summed E-state index contributed by atoms with van der Waals surface area (Å²) >= 11 is 0. The summed E-state index contributed by atoms with van der Waals surface area (Å²) in [7, 11) is 0. The number of imidazole rings is 1. The van der Waals surface area contributed by atoms with Crippen molar-refractivity contribution in [2.45, 2.75) is 140 Å². The van der Waals surface area contributed by atoms with Crippen LogP contribution in [0.1, 0.15) is 84.4 Å². The molecule has 1 aromatic heterocycles. The Kier molecular flexibility index (Phi) is 27.1. The van der Waals surface area contributed by atoms with Crippen molar-refractivity contribution < 1.29 is 68.1 Å². The number of rotatable bonds is 34. The van der Waals surface area contributed by atoms with E-state index in [0.29, 0.717) is 11.3 Å². The van der Waals surface area contributed by atoms with E-state index in [1.165, 1.54) is 19.4 Å². The fourth-order valence-corrected chi connectivity index (χ4v) is 7.26. The molecule has 0 bridgehead atoms. The first-order valence-electron chi connectivity index (χ1n) is 24.3. The van der Waals surface area contributed by atoms with Crippen LogP contribution in [0.5, 0.6) is 0 Å². The molecule has 420 valence electrons. The van der Waals surface area contributed by atoms with Gasteiger partial charge in [-0.2, -0.15) is 0 Å². The fourth-order valence-electron chi connectivity index (χ4n) is 7.26. The molecule has 29 nitrogen and oxygen atoms in total.